The average Bonchev–Trinajstić information content (AvgIpc) is 3.15. The topological polar surface area (TPSA) is 15.3 Å². The predicted octanol–water partition coefficient (Wildman–Crippen LogP) is 4.61. The van der Waals surface area contributed by atoms with Crippen LogP contribution in [0.25, 0.3) is 0 Å². The largest absolute Gasteiger partial charge is 0.368 e. The molecular formula is C18H27ClN2. The van der Waals surface area contributed by atoms with Crippen molar-refractivity contribution in [1.29, 1.82) is 0 Å². The maximum absolute atomic E-state index is 6.22. The van der Waals surface area contributed by atoms with E-state index in [1.54, 1.807) is 0 Å². The lowest BCUT2D eigenvalue weighted by Crippen LogP contribution is -2.35. The third-order valence-electron chi connectivity index (χ3n) is 5.16. The molecule has 1 aromatic rings. The lowest BCUT2D eigenvalue weighted by molar-refractivity contribution is 0.430. The van der Waals surface area contributed by atoms with Crippen molar-refractivity contribution >= 4 is 17.3 Å². The smallest absolute Gasteiger partial charge is 0.0415 e. The highest BCUT2D eigenvalue weighted by Crippen LogP contribution is 2.39. The Labute approximate surface area is 133 Å². The molecule has 1 unspecified atom stereocenters. The quantitative estimate of drug-likeness (QED) is 0.854. The highest BCUT2D eigenvalue weighted by atomic mass is 35.5. The first-order valence-corrected chi connectivity index (χ1v) is 8.93. The zero-order valence-corrected chi connectivity index (χ0v) is 13.8. The van der Waals surface area contributed by atoms with Crippen molar-refractivity contribution in [3.63, 3.8) is 0 Å². The summed E-state index contributed by atoms with van der Waals surface area (Å²) in [6.45, 7) is 5.28. The number of nitrogens with zero attached hydrogens (tertiary/aromatic N) is 1. The van der Waals surface area contributed by atoms with E-state index in [-0.39, 0.29) is 0 Å². The Morgan fingerprint density at radius 2 is 2.00 bits per heavy atom. The van der Waals surface area contributed by atoms with E-state index in [1.165, 1.54) is 56.3 Å². The van der Waals surface area contributed by atoms with Crippen molar-refractivity contribution in [3.8, 4) is 0 Å². The van der Waals surface area contributed by atoms with Crippen molar-refractivity contribution in [2.75, 3.05) is 18.0 Å². The maximum atomic E-state index is 6.22. The summed E-state index contributed by atoms with van der Waals surface area (Å²) in [5.74, 6) is 0.912. The summed E-state index contributed by atoms with van der Waals surface area (Å²) in [5, 5.41) is 4.30. The zero-order valence-electron chi connectivity index (χ0n) is 13.1. The van der Waals surface area contributed by atoms with Gasteiger partial charge in [-0.3, -0.25) is 0 Å². The first-order valence-electron chi connectivity index (χ1n) is 8.55. The minimum absolute atomic E-state index is 0.758. The van der Waals surface area contributed by atoms with E-state index < -0.39 is 0 Å². The van der Waals surface area contributed by atoms with Gasteiger partial charge in [0, 0.05) is 29.8 Å². The van der Waals surface area contributed by atoms with E-state index in [2.05, 4.69) is 35.3 Å². The van der Waals surface area contributed by atoms with Crippen LogP contribution in [0.3, 0.4) is 0 Å². The van der Waals surface area contributed by atoms with Crippen LogP contribution < -0.4 is 10.2 Å². The molecule has 2 aliphatic rings. The second-order valence-corrected chi connectivity index (χ2v) is 6.94. The highest BCUT2D eigenvalue weighted by molar-refractivity contribution is 6.30. The Morgan fingerprint density at radius 3 is 2.76 bits per heavy atom. The standard InChI is InChI=1S/C18H27ClN2/c1-2-20-13-15-12-16(19)9-10-18(15)21-11-5-8-17(21)14-6-3-4-7-14/h9-10,12,14,17,20H,2-8,11,13H2,1H3. The molecule has 1 aromatic carbocycles. The lowest BCUT2D eigenvalue weighted by Gasteiger charge is -2.33. The summed E-state index contributed by atoms with van der Waals surface area (Å²) in [7, 11) is 0. The first-order chi connectivity index (χ1) is 10.3. The number of hydrogen-bond donors (Lipinski definition) is 1. The normalized spacial score (nSPS) is 23.1. The van der Waals surface area contributed by atoms with E-state index in [9.17, 15) is 0 Å². The zero-order chi connectivity index (χ0) is 14.7. The van der Waals surface area contributed by atoms with Crippen molar-refractivity contribution in [3.05, 3.63) is 28.8 Å². The number of halogens is 1. The van der Waals surface area contributed by atoms with Gasteiger partial charge in [0.05, 0.1) is 0 Å². The molecule has 1 heterocycles. The number of nitrogens with one attached hydrogen (secondary N) is 1. The predicted molar refractivity (Wildman–Crippen MR) is 91.2 cm³/mol. The summed E-state index contributed by atoms with van der Waals surface area (Å²) in [6, 6.07) is 7.19. The van der Waals surface area contributed by atoms with Gasteiger partial charge in [-0.15, -0.1) is 0 Å². The van der Waals surface area contributed by atoms with Crippen molar-refractivity contribution < 1.29 is 0 Å². The van der Waals surface area contributed by atoms with Crippen LogP contribution in [0.2, 0.25) is 5.02 Å². The fraction of sp³-hybridized carbons (Fsp3) is 0.667. The van der Waals surface area contributed by atoms with E-state index in [4.69, 9.17) is 11.6 Å². The molecule has 0 bridgehead atoms. The Hall–Kier alpha value is -0.730. The summed E-state index contributed by atoms with van der Waals surface area (Å²) in [4.78, 5) is 2.68. The summed E-state index contributed by atoms with van der Waals surface area (Å²) in [5.41, 5.74) is 2.77. The van der Waals surface area contributed by atoms with Crippen LogP contribution in [-0.2, 0) is 6.54 Å². The number of anilines is 1. The van der Waals surface area contributed by atoms with Gasteiger partial charge in [0.15, 0.2) is 0 Å². The second-order valence-electron chi connectivity index (χ2n) is 6.50. The molecule has 1 atom stereocenters. The lowest BCUT2D eigenvalue weighted by atomic mass is 9.95. The third kappa shape index (κ3) is 3.37. The van der Waals surface area contributed by atoms with Crippen LogP contribution in [0.5, 0.6) is 0 Å². The Kier molecular flexibility index (Phi) is 5.07. The molecule has 0 amide bonds. The molecule has 0 spiro atoms. The Morgan fingerprint density at radius 1 is 1.19 bits per heavy atom. The van der Waals surface area contributed by atoms with Gasteiger partial charge in [-0.2, -0.15) is 0 Å². The van der Waals surface area contributed by atoms with Crippen LogP contribution in [-0.4, -0.2) is 19.1 Å². The van der Waals surface area contributed by atoms with Crippen LogP contribution in [0.1, 0.15) is 51.0 Å². The van der Waals surface area contributed by atoms with Gasteiger partial charge in [0.1, 0.15) is 0 Å². The van der Waals surface area contributed by atoms with Gasteiger partial charge < -0.3 is 10.2 Å². The van der Waals surface area contributed by atoms with Crippen LogP contribution in [0.15, 0.2) is 18.2 Å². The van der Waals surface area contributed by atoms with Gasteiger partial charge in [-0.05, 0) is 61.9 Å². The molecule has 1 N–H and O–H groups in total. The summed E-state index contributed by atoms with van der Waals surface area (Å²) >= 11 is 6.22. The maximum Gasteiger partial charge on any atom is 0.0415 e. The van der Waals surface area contributed by atoms with E-state index in [0.29, 0.717) is 0 Å². The molecule has 0 aromatic heterocycles. The number of benzene rings is 1. The molecule has 1 saturated heterocycles. The molecular weight excluding hydrogens is 280 g/mol. The first kappa shape index (κ1) is 15.2. The summed E-state index contributed by atoms with van der Waals surface area (Å²) < 4.78 is 0. The molecule has 21 heavy (non-hydrogen) atoms. The molecule has 3 rings (SSSR count). The number of rotatable bonds is 5. The molecule has 1 aliphatic carbocycles. The fourth-order valence-electron chi connectivity index (χ4n) is 4.16. The van der Waals surface area contributed by atoms with Gasteiger partial charge >= 0.3 is 0 Å². The molecule has 3 heteroatoms. The van der Waals surface area contributed by atoms with Gasteiger partial charge in [-0.25, -0.2) is 0 Å². The van der Waals surface area contributed by atoms with Gasteiger partial charge in [0.2, 0.25) is 0 Å². The highest BCUT2D eigenvalue weighted by Gasteiger charge is 2.34. The minimum atomic E-state index is 0.758. The van der Waals surface area contributed by atoms with Gasteiger partial charge in [-0.1, -0.05) is 31.4 Å². The Balaban J connectivity index is 1.83. The van der Waals surface area contributed by atoms with E-state index >= 15 is 0 Å². The van der Waals surface area contributed by atoms with Crippen molar-refractivity contribution in [1.82, 2.24) is 5.32 Å². The third-order valence-corrected chi connectivity index (χ3v) is 5.39. The number of hydrogen-bond acceptors (Lipinski definition) is 2. The molecule has 2 nitrogen and oxygen atoms in total. The van der Waals surface area contributed by atoms with E-state index in [1.807, 2.05) is 0 Å². The average molecular weight is 307 g/mol. The minimum Gasteiger partial charge on any atom is -0.368 e. The van der Waals surface area contributed by atoms with Crippen molar-refractivity contribution in [2.24, 2.45) is 5.92 Å². The SMILES string of the molecule is CCNCc1cc(Cl)ccc1N1CCCC1C1CCCC1. The fourth-order valence-corrected chi connectivity index (χ4v) is 4.35. The molecule has 1 aliphatic heterocycles. The van der Waals surface area contributed by atoms with Crippen LogP contribution in [0.4, 0.5) is 5.69 Å². The molecule has 0 radical (unpaired) electrons. The molecule has 2 fully saturated rings. The molecule has 1 saturated carbocycles. The Bertz CT molecular complexity index is 468. The second kappa shape index (κ2) is 7.02. The van der Waals surface area contributed by atoms with Crippen LogP contribution in [0, 0.1) is 5.92 Å². The van der Waals surface area contributed by atoms with E-state index in [0.717, 1.165) is 30.1 Å². The summed E-state index contributed by atoms with van der Waals surface area (Å²) in [6.07, 6.45) is 8.42. The van der Waals surface area contributed by atoms with Crippen molar-refractivity contribution in [2.45, 2.75) is 58.0 Å². The van der Waals surface area contributed by atoms with Gasteiger partial charge in [0.25, 0.3) is 0 Å². The molecule has 116 valence electrons. The van der Waals surface area contributed by atoms with Crippen LogP contribution >= 0.6 is 11.6 Å². The monoisotopic (exact) mass is 306 g/mol.